The van der Waals surface area contributed by atoms with Gasteiger partial charge in [0.15, 0.2) is 11.9 Å². The highest BCUT2D eigenvalue weighted by molar-refractivity contribution is 7.12. The number of carbonyl (C=O) groups is 3. The average Bonchev–Trinajstić information content (AvgIpc) is 2.92. The van der Waals surface area contributed by atoms with Gasteiger partial charge in [0.1, 0.15) is 5.75 Å². The number of carbonyl (C=O) groups excluding carboxylic acids is 3. The first-order valence-electron chi connectivity index (χ1n) is 8.35. The molecule has 7 heteroatoms. The molecular formula is C19H20N2O4S. The van der Waals surface area contributed by atoms with Crippen molar-refractivity contribution in [3.63, 3.8) is 0 Å². The number of amides is 2. The quantitative estimate of drug-likeness (QED) is 0.784. The van der Waals surface area contributed by atoms with Crippen LogP contribution < -0.4 is 15.4 Å². The zero-order valence-corrected chi connectivity index (χ0v) is 15.7. The van der Waals surface area contributed by atoms with Gasteiger partial charge in [0.2, 0.25) is 5.91 Å². The number of rotatable bonds is 5. The molecule has 0 unspecified atom stereocenters. The normalized spacial score (nSPS) is 15.7. The monoisotopic (exact) mass is 372 g/mol. The molecule has 2 amide bonds. The molecule has 1 aromatic heterocycles. The summed E-state index contributed by atoms with van der Waals surface area (Å²) in [6.07, 6.45) is -0.284. The van der Waals surface area contributed by atoms with E-state index >= 15 is 0 Å². The first-order chi connectivity index (χ1) is 12.3. The predicted molar refractivity (Wildman–Crippen MR) is 101 cm³/mol. The van der Waals surface area contributed by atoms with Crippen LogP contribution in [0.2, 0.25) is 0 Å². The van der Waals surface area contributed by atoms with E-state index in [4.69, 9.17) is 4.74 Å². The number of anilines is 2. The smallest absolute Gasteiger partial charge is 0.265 e. The van der Waals surface area contributed by atoms with Gasteiger partial charge in [0.05, 0.1) is 5.69 Å². The van der Waals surface area contributed by atoms with E-state index in [9.17, 15) is 14.4 Å². The summed E-state index contributed by atoms with van der Waals surface area (Å²) in [4.78, 5) is 38.1. The number of ether oxygens (including phenoxy) is 1. The summed E-state index contributed by atoms with van der Waals surface area (Å²) < 4.78 is 5.48. The molecule has 3 rings (SSSR count). The molecular weight excluding hydrogens is 352 g/mol. The van der Waals surface area contributed by atoms with Crippen molar-refractivity contribution in [2.75, 3.05) is 10.6 Å². The average molecular weight is 372 g/mol. The minimum Gasteiger partial charge on any atom is -0.479 e. The van der Waals surface area contributed by atoms with Gasteiger partial charge in [-0.2, -0.15) is 0 Å². The Morgan fingerprint density at radius 1 is 1.23 bits per heavy atom. The maximum absolute atomic E-state index is 12.3. The van der Waals surface area contributed by atoms with E-state index in [-0.39, 0.29) is 30.4 Å². The van der Waals surface area contributed by atoms with Crippen molar-refractivity contribution in [2.24, 2.45) is 0 Å². The second-order valence-corrected chi connectivity index (χ2v) is 7.72. The second-order valence-electron chi connectivity index (χ2n) is 6.26. The molecule has 136 valence electrons. The van der Waals surface area contributed by atoms with Gasteiger partial charge in [-0.1, -0.05) is 0 Å². The van der Waals surface area contributed by atoms with Crippen molar-refractivity contribution in [1.82, 2.24) is 0 Å². The molecule has 6 nitrogen and oxygen atoms in total. The van der Waals surface area contributed by atoms with E-state index in [1.54, 1.807) is 36.5 Å². The Morgan fingerprint density at radius 2 is 2.00 bits per heavy atom. The van der Waals surface area contributed by atoms with Gasteiger partial charge >= 0.3 is 0 Å². The molecule has 0 radical (unpaired) electrons. The van der Waals surface area contributed by atoms with Crippen molar-refractivity contribution in [2.45, 2.75) is 39.7 Å². The SMILES string of the molecule is Cc1cc(C(=O)CCC(=O)Nc2ccc3c(c2)NC(=O)[C@@H](C)O3)c(C)s1. The number of benzene rings is 1. The van der Waals surface area contributed by atoms with Crippen LogP contribution in [0.3, 0.4) is 0 Å². The van der Waals surface area contributed by atoms with Crippen LogP contribution in [0, 0.1) is 13.8 Å². The lowest BCUT2D eigenvalue weighted by molar-refractivity contribution is -0.122. The van der Waals surface area contributed by atoms with E-state index in [0.717, 1.165) is 9.75 Å². The molecule has 1 atom stereocenters. The Bertz CT molecular complexity index is 888. The van der Waals surface area contributed by atoms with Crippen LogP contribution in [0.15, 0.2) is 24.3 Å². The fourth-order valence-electron chi connectivity index (χ4n) is 2.78. The number of hydrogen-bond donors (Lipinski definition) is 2. The van der Waals surface area contributed by atoms with E-state index in [1.165, 1.54) is 0 Å². The van der Waals surface area contributed by atoms with Crippen LogP contribution in [-0.2, 0) is 9.59 Å². The first-order valence-corrected chi connectivity index (χ1v) is 9.17. The van der Waals surface area contributed by atoms with Gasteiger partial charge in [-0.15, -0.1) is 11.3 Å². The standard InChI is InChI=1S/C19H20N2O4S/c1-10-8-14(12(3)26-10)16(22)5-7-18(23)20-13-4-6-17-15(9-13)21-19(24)11(2)25-17/h4,6,8-9,11H,5,7H2,1-3H3,(H,20,23)(H,21,24)/t11-/m1/s1. The molecule has 0 aliphatic carbocycles. The predicted octanol–water partition coefficient (Wildman–Crippen LogP) is 3.69. The topological polar surface area (TPSA) is 84.5 Å². The molecule has 26 heavy (non-hydrogen) atoms. The Balaban J connectivity index is 1.59. The van der Waals surface area contributed by atoms with Crippen molar-refractivity contribution in [3.8, 4) is 5.75 Å². The third kappa shape index (κ3) is 3.94. The highest BCUT2D eigenvalue weighted by Gasteiger charge is 2.23. The lowest BCUT2D eigenvalue weighted by Crippen LogP contribution is -2.34. The number of ketones is 1. The fourth-order valence-corrected chi connectivity index (χ4v) is 3.72. The van der Waals surface area contributed by atoms with Crippen LogP contribution in [0.5, 0.6) is 5.75 Å². The maximum atomic E-state index is 12.3. The van der Waals surface area contributed by atoms with Crippen LogP contribution in [0.4, 0.5) is 11.4 Å². The summed E-state index contributed by atoms with van der Waals surface area (Å²) in [5.74, 6) is 0.0583. The van der Waals surface area contributed by atoms with E-state index < -0.39 is 6.10 Å². The molecule has 1 aliphatic rings. The van der Waals surface area contributed by atoms with Gasteiger partial charge in [-0.25, -0.2) is 0 Å². The molecule has 0 fully saturated rings. The highest BCUT2D eigenvalue weighted by Crippen LogP contribution is 2.32. The summed E-state index contributed by atoms with van der Waals surface area (Å²) in [5, 5.41) is 5.48. The van der Waals surface area contributed by atoms with Crippen LogP contribution in [-0.4, -0.2) is 23.7 Å². The van der Waals surface area contributed by atoms with Gasteiger partial charge in [-0.3, -0.25) is 14.4 Å². The van der Waals surface area contributed by atoms with E-state index in [1.807, 2.05) is 19.9 Å². The Kier molecular flexibility index (Phi) is 5.08. The number of nitrogens with one attached hydrogen (secondary N) is 2. The molecule has 0 saturated carbocycles. The largest absolute Gasteiger partial charge is 0.479 e. The van der Waals surface area contributed by atoms with Crippen LogP contribution in [0.1, 0.15) is 39.9 Å². The molecule has 0 saturated heterocycles. The number of thiophene rings is 1. The summed E-state index contributed by atoms with van der Waals surface area (Å²) in [5.41, 5.74) is 1.76. The number of fused-ring (bicyclic) bond motifs is 1. The number of hydrogen-bond acceptors (Lipinski definition) is 5. The first kappa shape index (κ1) is 18.1. The molecule has 2 aromatic rings. The number of aryl methyl sites for hydroxylation is 2. The Hall–Kier alpha value is -2.67. The molecule has 2 heterocycles. The van der Waals surface area contributed by atoms with Gasteiger partial charge < -0.3 is 15.4 Å². The molecule has 2 N–H and O–H groups in total. The van der Waals surface area contributed by atoms with Gasteiger partial charge in [0.25, 0.3) is 5.91 Å². The van der Waals surface area contributed by atoms with Gasteiger partial charge in [-0.05, 0) is 45.0 Å². The highest BCUT2D eigenvalue weighted by atomic mass is 32.1. The van der Waals surface area contributed by atoms with Crippen LogP contribution >= 0.6 is 11.3 Å². The Labute approximate surface area is 155 Å². The number of Topliss-reactive ketones (excluding diaryl/α,β-unsaturated/α-hetero) is 1. The van der Waals surface area contributed by atoms with Crippen molar-refractivity contribution >= 4 is 40.3 Å². The Morgan fingerprint density at radius 3 is 2.69 bits per heavy atom. The third-order valence-electron chi connectivity index (χ3n) is 4.11. The van der Waals surface area contributed by atoms with Gasteiger partial charge in [0, 0.05) is 33.8 Å². The summed E-state index contributed by atoms with van der Waals surface area (Å²) >= 11 is 1.58. The lowest BCUT2D eigenvalue weighted by atomic mass is 10.1. The summed E-state index contributed by atoms with van der Waals surface area (Å²) in [6, 6.07) is 6.91. The van der Waals surface area contributed by atoms with E-state index in [2.05, 4.69) is 10.6 Å². The fraction of sp³-hybridized carbons (Fsp3) is 0.316. The van der Waals surface area contributed by atoms with E-state index in [0.29, 0.717) is 22.7 Å². The maximum Gasteiger partial charge on any atom is 0.265 e. The third-order valence-corrected chi connectivity index (χ3v) is 5.08. The van der Waals surface area contributed by atoms with Crippen molar-refractivity contribution in [1.29, 1.82) is 0 Å². The van der Waals surface area contributed by atoms with Crippen LogP contribution in [0.25, 0.3) is 0 Å². The lowest BCUT2D eigenvalue weighted by Gasteiger charge is -2.23. The zero-order chi connectivity index (χ0) is 18.8. The molecule has 1 aromatic carbocycles. The molecule has 1 aliphatic heterocycles. The van der Waals surface area contributed by atoms with Crippen molar-refractivity contribution in [3.05, 3.63) is 39.6 Å². The minimum atomic E-state index is -0.543. The zero-order valence-electron chi connectivity index (χ0n) is 14.8. The minimum absolute atomic E-state index is 0.0258. The van der Waals surface area contributed by atoms with Crippen molar-refractivity contribution < 1.29 is 19.1 Å². The molecule has 0 bridgehead atoms. The second kappa shape index (κ2) is 7.29. The molecule has 0 spiro atoms. The summed E-state index contributed by atoms with van der Waals surface area (Å²) in [6.45, 7) is 5.54. The summed E-state index contributed by atoms with van der Waals surface area (Å²) in [7, 11) is 0.